The van der Waals surface area contributed by atoms with Crippen LogP contribution < -0.4 is 14.2 Å². The van der Waals surface area contributed by atoms with E-state index < -0.39 is 10.0 Å². The number of ether oxygens (including phenoxy) is 2. The SMILES string of the molecule is COc1ccc(OC)c(S(=O)(=O)NCc2csc3ccccc23)c1. The molecule has 1 N–H and O–H groups in total. The molecule has 0 spiro atoms. The normalized spacial score (nSPS) is 11.6. The van der Waals surface area contributed by atoms with E-state index in [-0.39, 0.29) is 17.2 Å². The van der Waals surface area contributed by atoms with E-state index in [0.717, 1.165) is 15.6 Å². The largest absolute Gasteiger partial charge is 0.497 e. The predicted octanol–water partition coefficient (Wildman–Crippen LogP) is 3.40. The van der Waals surface area contributed by atoms with Crippen molar-refractivity contribution in [2.24, 2.45) is 0 Å². The van der Waals surface area contributed by atoms with Gasteiger partial charge in [-0.2, -0.15) is 0 Å². The Morgan fingerprint density at radius 2 is 1.88 bits per heavy atom. The molecule has 126 valence electrons. The van der Waals surface area contributed by atoms with Crippen molar-refractivity contribution in [1.82, 2.24) is 4.72 Å². The van der Waals surface area contributed by atoms with Gasteiger partial charge in [0.1, 0.15) is 16.4 Å². The van der Waals surface area contributed by atoms with Gasteiger partial charge in [0.15, 0.2) is 0 Å². The van der Waals surface area contributed by atoms with Gasteiger partial charge >= 0.3 is 0 Å². The van der Waals surface area contributed by atoms with E-state index in [9.17, 15) is 8.42 Å². The highest BCUT2D eigenvalue weighted by atomic mass is 32.2. The Morgan fingerprint density at radius 1 is 1.08 bits per heavy atom. The Balaban J connectivity index is 1.89. The van der Waals surface area contributed by atoms with Gasteiger partial charge in [-0.1, -0.05) is 18.2 Å². The first-order valence-electron chi connectivity index (χ1n) is 7.22. The van der Waals surface area contributed by atoms with E-state index in [1.165, 1.54) is 20.3 Å². The van der Waals surface area contributed by atoms with Gasteiger partial charge in [0.05, 0.1) is 14.2 Å². The molecule has 2 aromatic carbocycles. The molecule has 3 aromatic rings. The fraction of sp³-hybridized carbons (Fsp3) is 0.176. The molecular weight excluding hydrogens is 346 g/mol. The summed E-state index contributed by atoms with van der Waals surface area (Å²) in [6, 6.07) is 12.6. The lowest BCUT2D eigenvalue weighted by molar-refractivity contribution is 0.392. The van der Waals surface area contributed by atoms with Crippen molar-refractivity contribution in [2.45, 2.75) is 11.4 Å². The monoisotopic (exact) mass is 363 g/mol. The quantitative estimate of drug-likeness (QED) is 0.729. The van der Waals surface area contributed by atoms with Gasteiger partial charge in [0.2, 0.25) is 10.0 Å². The molecule has 0 atom stereocenters. The number of hydrogen-bond acceptors (Lipinski definition) is 5. The number of nitrogens with one attached hydrogen (secondary N) is 1. The maximum Gasteiger partial charge on any atom is 0.244 e. The van der Waals surface area contributed by atoms with E-state index >= 15 is 0 Å². The molecule has 0 unspecified atom stereocenters. The summed E-state index contributed by atoms with van der Waals surface area (Å²) in [5.41, 5.74) is 0.945. The molecule has 5 nitrogen and oxygen atoms in total. The summed E-state index contributed by atoms with van der Waals surface area (Å²) in [5, 5.41) is 3.03. The molecule has 7 heteroatoms. The van der Waals surface area contributed by atoms with Gasteiger partial charge in [-0.3, -0.25) is 0 Å². The summed E-state index contributed by atoms with van der Waals surface area (Å²) in [4.78, 5) is 0.0592. The number of benzene rings is 2. The Labute approximate surface area is 144 Å². The zero-order valence-corrected chi connectivity index (χ0v) is 14.9. The van der Waals surface area contributed by atoms with E-state index in [0.29, 0.717) is 5.75 Å². The van der Waals surface area contributed by atoms with Crippen molar-refractivity contribution >= 4 is 31.4 Å². The Bertz CT molecular complexity index is 964. The first-order valence-corrected chi connectivity index (χ1v) is 9.58. The molecule has 1 heterocycles. The number of fused-ring (bicyclic) bond motifs is 1. The van der Waals surface area contributed by atoms with Crippen LogP contribution >= 0.6 is 11.3 Å². The van der Waals surface area contributed by atoms with Crippen LogP contribution in [0.5, 0.6) is 11.5 Å². The molecule has 0 aliphatic rings. The van der Waals surface area contributed by atoms with Crippen molar-refractivity contribution in [3.05, 3.63) is 53.4 Å². The van der Waals surface area contributed by atoms with Crippen LogP contribution in [-0.2, 0) is 16.6 Å². The lowest BCUT2D eigenvalue weighted by atomic mass is 10.2. The lowest BCUT2D eigenvalue weighted by Crippen LogP contribution is -2.23. The Kier molecular flexibility index (Phi) is 4.75. The summed E-state index contributed by atoms with van der Waals surface area (Å²) >= 11 is 1.59. The molecule has 0 aliphatic carbocycles. The van der Waals surface area contributed by atoms with Crippen LogP contribution in [0, 0.1) is 0 Å². The fourth-order valence-corrected chi connectivity index (χ4v) is 4.57. The van der Waals surface area contributed by atoms with E-state index in [1.807, 2.05) is 29.6 Å². The second-order valence-electron chi connectivity index (χ2n) is 5.10. The summed E-state index contributed by atoms with van der Waals surface area (Å²) in [6.45, 7) is 0.215. The van der Waals surface area contributed by atoms with Crippen molar-refractivity contribution in [3.8, 4) is 11.5 Å². The zero-order valence-electron chi connectivity index (χ0n) is 13.3. The molecule has 0 saturated heterocycles. The van der Waals surface area contributed by atoms with Gasteiger partial charge in [0, 0.05) is 17.3 Å². The van der Waals surface area contributed by atoms with E-state index in [2.05, 4.69) is 4.72 Å². The zero-order chi connectivity index (χ0) is 17.2. The topological polar surface area (TPSA) is 64.6 Å². The molecule has 3 rings (SSSR count). The second kappa shape index (κ2) is 6.80. The van der Waals surface area contributed by atoms with Gasteiger partial charge in [-0.05, 0) is 34.5 Å². The minimum atomic E-state index is -3.73. The van der Waals surface area contributed by atoms with Crippen LogP contribution in [0.2, 0.25) is 0 Å². The maximum atomic E-state index is 12.7. The predicted molar refractivity (Wildman–Crippen MR) is 95.4 cm³/mol. The summed E-state index contributed by atoms with van der Waals surface area (Å²) in [5.74, 6) is 0.732. The van der Waals surface area contributed by atoms with Gasteiger partial charge in [-0.25, -0.2) is 13.1 Å². The fourth-order valence-electron chi connectivity index (χ4n) is 2.41. The summed E-state index contributed by atoms with van der Waals surface area (Å²) in [6.07, 6.45) is 0. The molecule has 0 saturated carbocycles. The molecule has 0 fully saturated rings. The highest BCUT2D eigenvalue weighted by Crippen LogP contribution is 2.29. The number of sulfonamides is 1. The molecule has 0 radical (unpaired) electrons. The first-order chi connectivity index (χ1) is 11.5. The number of rotatable bonds is 6. The highest BCUT2D eigenvalue weighted by Gasteiger charge is 2.20. The van der Waals surface area contributed by atoms with Gasteiger partial charge in [-0.15, -0.1) is 11.3 Å². The van der Waals surface area contributed by atoms with Crippen LogP contribution in [0.3, 0.4) is 0 Å². The number of hydrogen-bond donors (Lipinski definition) is 1. The minimum Gasteiger partial charge on any atom is -0.497 e. The van der Waals surface area contributed by atoms with E-state index in [1.54, 1.807) is 23.5 Å². The third-order valence-corrected chi connectivity index (χ3v) is 6.11. The molecular formula is C17H17NO4S2. The summed E-state index contributed by atoms with van der Waals surface area (Å²) in [7, 11) is -0.804. The maximum absolute atomic E-state index is 12.7. The first kappa shape index (κ1) is 16.8. The third-order valence-electron chi connectivity index (χ3n) is 3.67. The van der Waals surface area contributed by atoms with Crippen molar-refractivity contribution in [1.29, 1.82) is 0 Å². The average Bonchev–Trinajstić information content (AvgIpc) is 3.02. The van der Waals surface area contributed by atoms with Crippen LogP contribution in [0.4, 0.5) is 0 Å². The van der Waals surface area contributed by atoms with Gasteiger partial charge < -0.3 is 9.47 Å². The van der Waals surface area contributed by atoms with Crippen LogP contribution in [-0.4, -0.2) is 22.6 Å². The lowest BCUT2D eigenvalue weighted by Gasteiger charge is -2.12. The Morgan fingerprint density at radius 3 is 2.62 bits per heavy atom. The molecule has 24 heavy (non-hydrogen) atoms. The van der Waals surface area contributed by atoms with Crippen LogP contribution in [0.25, 0.3) is 10.1 Å². The standard InChI is InChI=1S/C17H17NO4S2/c1-21-13-7-8-15(22-2)17(9-13)24(19,20)18-10-12-11-23-16-6-4-3-5-14(12)16/h3-9,11,18H,10H2,1-2H3. The second-order valence-corrected chi connectivity index (χ2v) is 7.75. The molecule has 0 bridgehead atoms. The highest BCUT2D eigenvalue weighted by molar-refractivity contribution is 7.89. The smallest absolute Gasteiger partial charge is 0.244 e. The Hall–Kier alpha value is -2.09. The van der Waals surface area contributed by atoms with Crippen molar-refractivity contribution in [2.75, 3.05) is 14.2 Å². The summed E-state index contributed by atoms with van der Waals surface area (Å²) < 4.78 is 39.4. The molecule has 1 aromatic heterocycles. The van der Waals surface area contributed by atoms with Crippen LogP contribution in [0.1, 0.15) is 5.56 Å². The number of thiophene rings is 1. The van der Waals surface area contributed by atoms with Crippen LogP contribution in [0.15, 0.2) is 52.7 Å². The number of methoxy groups -OCH3 is 2. The molecule has 0 amide bonds. The average molecular weight is 363 g/mol. The van der Waals surface area contributed by atoms with Gasteiger partial charge in [0.25, 0.3) is 0 Å². The minimum absolute atomic E-state index is 0.0592. The third kappa shape index (κ3) is 3.24. The van der Waals surface area contributed by atoms with Crippen molar-refractivity contribution in [3.63, 3.8) is 0 Å². The van der Waals surface area contributed by atoms with Crippen molar-refractivity contribution < 1.29 is 17.9 Å². The van der Waals surface area contributed by atoms with E-state index in [4.69, 9.17) is 9.47 Å². The molecule has 0 aliphatic heterocycles.